The van der Waals surface area contributed by atoms with Crippen LogP contribution in [0, 0.1) is 0 Å². The number of carbonyl (C=O) groups is 1. The third kappa shape index (κ3) is 21.7. The number of phosphoric ester groups is 1. The van der Waals surface area contributed by atoms with Crippen LogP contribution in [0.3, 0.4) is 0 Å². The Morgan fingerprint density at radius 1 is 0.852 bits per heavy atom. The molecule has 7 nitrogen and oxygen atoms in total. The van der Waals surface area contributed by atoms with Crippen LogP contribution in [0.2, 0.25) is 0 Å². The van der Waals surface area contributed by atoms with Gasteiger partial charge in [-0.3, -0.25) is 9.32 Å². The Morgan fingerprint density at radius 3 is 1.78 bits per heavy atom. The molecule has 0 heterocycles. The van der Waals surface area contributed by atoms with Gasteiger partial charge in [0.1, 0.15) is 6.10 Å². The maximum atomic E-state index is 11.0. The Kier molecular flexibility index (Phi) is 17.3. The van der Waals surface area contributed by atoms with E-state index in [9.17, 15) is 9.36 Å². The van der Waals surface area contributed by atoms with Crippen LogP contribution in [-0.2, 0) is 23.4 Å². The lowest BCUT2D eigenvalue weighted by atomic mass is 10.1. The van der Waals surface area contributed by atoms with Crippen LogP contribution in [0.25, 0.3) is 0 Å². The number of rotatable bonds is 19. The highest BCUT2D eigenvalue weighted by atomic mass is 31.2. The zero-order valence-corrected chi connectivity index (χ0v) is 18.0. The lowest BCUT2D eigenvalue weighted by Gasteiger charge is -2.17. The lowest BCUT2D eigenvalue weighted by molar-refractivity contribution is -0.151. The quantitative estimate of drug-likeness (QED) is 0.180. The van der Waals surface area contributed by atoms with E-state index in [1.54, 1.807) is 0 Å². The highest BCUT2D eigenvalue weighted by Gasteiger charge is 2.20. The molecule has 0 saturated carbocycles. The lowest BCUT2D eigenvalue weighted by Crippen LogP contribution is -2.27. The van der Waals surface area contributed by atoms with Crippen molar-refractivity contribution in [3.8, 4) is 0 Å². The minimum absolute atomic E-state index is 0.0671. The van der Waals surface area contributed by atoms with Gasteiger partial charge in [0.15, 0.2) is 0 Å². The molecule has 0 spiro atoms. The largest absolute Gasteiger partial charge is 0.469 e. The molecule has 0 saturated heterocycles. The summed E-state index contributed by atoms with van der Waals surface area (Å²) in [5.74, 6) is -0.539. The molecule has 0 aliphatic carbocycles. The third-order valence-electron chi connectivity index (χ3n) is 4.21. The zero-order valence-electron chi connectivity index (χ0n) is 17.1. The van der Waals surface area contributed by atoms with Gasteiger partial charge < -0.3 is 19.3 Å². The van der Waals surface area contributed by atoms with Crippen molar-refractivity contribution in [2.75, 3.05) is 19.8 Å². The second-order valence-electron chi connectivity index (χ2n) is 6.98. The first-order valence-corrected chi connectivity index (χ1v) is 11.8. The van der Waals surface area contributed by atoms with E-state index in [0.717, 1.165) is 12.8 Å². The topological polar surface area (TPSA) is 102 Å². The van der Waals surface area contributed by atoms with E-state index in [-0.39, 0.29) is 13.2 Å². The number of hydrogen-bond acceptors (Lipinski definition) is 5. The third-order valence-corrected chi connectivity index (χ3v) is 4.69. The fourth-order valence-corrected chi connectivity index (χ4v) is 3.15. The smallest absolute Gasteiger partial charge is 0.458 e. The molecule has 1 atom stereocenters. The second kappa shape index (κ2) is 17.6. The first-order chi connectivity index (χ1) is 12.8. The van der Waals surface area contributed by atoms with Crippen molar-refractivity contribution in [1.82, 2.24) is 0 Å². The first kappa shape index (κ1) is 26.5. The summed E-state index contributed by atoms with van der Waals surface area (Å²) in [6.45, 7) is 3.69. The highest BCUT2D eigenvalue weighted by molar-refractivity contribution is 7.46. The van der Waals surface area contributed by atoms with Crippen LogP contribution in [0.1, 0.15) is 90.9 Å². The number of phosphoric acid groups is 1. The van der Waals surface area contributed by atoms with Crippen molar-refractivity contribution in [2.24, 2.45) is 0 Å². The summed E-state index contributed by atoms with van der Waals surface area (Å²) in [4.78, 5) is 28.4. The normalized spacial score (nSPS) is 12.9. The highest BCUT2D eigenvalue weighted by Crippen LogP contribution is 2.35. The van der Waals surface area contributed by atoms with Gasteiger partial charge in [-0.1, -0.05) is 77.6 Å². The Labute approximate surface area is 164 Å². The van der Waals surface area contributed by atoms with Gasteiger partial charge in [-0.25, -0.2) is 4.57 Å². The van der Waals surface area contributed by atoms with Crippen LogP contribution in [0.5, 0.6) is 0 Å². The van der Waals surface area contributed by atoms with Gasteiger partial charge in [-0.2, -0.15) is 0 Å². The van der Waals surface area contributed by atoms with Gasteiger partial charge in [0.25, 0.3) is 0 Å². The molecule has 27 heavy (non-hydrogen) atoms. The summed E-state index contributed by atoms with van der Waals surface area (Å²) in [5, 5.41) is 0. The Bertz CT molecular complexity index is 398. The van der Waals surface area contributed by atoms with Crippen molar-refractivity contribution in [2.45, 2.75) is 97.0 Å². The van der Waals surface area contributed by atoms with Gasteiger partial charge >= 0.3 is 13.8 Å². The average molecular weight is 410 g/mol. The number of carbonyl (C=O) groups excluding carboxylic acids is 1. The summed E-state index contributed by atoms with van der Waals surface area (Å²) in [6.07, 6.45) is 14.4. The average Bonchev–Trinajstić information content (AvgIpc) is 2.58. The molecule has 0 radical (unpaired) electrons. The number of esters is 1. The van der Waals surface area contributed by atoms with Crippen molar-refractivity contribution in [3.05, 3.63) is 0 Å². The Morgan fingerprint density at radius 2 is 1.33 bits per heavy atom. The molecule has 162 valence electrons. The second-order valence-corrected chi connectivity index (χ2v) is 8.22. The maximum Gasteiger partial charge on any atom is 0.469 e. The minimum Gasteiger partial charge on any atom is -0.458 e. The van der Waals surface area contributed by atoms with Crippen LogP contribution in [0.4, 0.5) is 0 Å². The summed E-state index contributed by atoms with van der Waals surface area (Å²) < 4.78 is 25.5. The van der Waals surface area contributed by atoms with Crippen LogP contribution in [0.15, 0.2) is 0 Å². The van der Waals surface area contributed by atoms with Crippen molar-refractivity contribution in [3.63, 3.8) is 0 Å². The Balaban J connectivity index is 3.51. The molecule has 0 rings (SSSR count). The molecule has 0 amide bonds. The van der Waals surface area contributed by atoms with E-state index < -0.39 is 19.9 Å². The van der Waals surface area contributed by atoms with Crippen molar-refractivity contribution >= 4 is 13.8 Å². The molecule has 0 fully saturated rings. The number of hydrogen-bond donors (Lipinski definition) is 2. The van der Waals surface area contributed by atoms with E-state index in [1.165, 1.54) is 71.1 Å². The molecule has 0 aliphatic rings. The fourth-order valence-electron chi connectivity index (χ4n) is 2.79. The van der Waals surface area contributed by atoms with E-state index in [4.69, 9.17) is 19.3 Å². The SMILES string of the molecule is CCCCCCCCCCCCCCOC[C@H](COP(=O)(O)O)OC(C)=O. The molecule has 0 aromatic rings. The summed E-state index contributed by atoms with van der Waals surface area (Å²) in [5.41, 5.74) is 0. The van der Waals surface area contributed by atoms with Gasteiger partial charge in [-0.15, -0.1) is 0 Å². The predicted octanol–water partition coefficient (Wildman–Crippen LogP) is 4.75. The van der Waals surface area contributed by atoms with Crippen LogP contribution in [-0.4, -0.2) is 41.7 Å². The predicted molar refractivity (Wildman–Crippen MR) is 105 cm³/mol. The van der Waals surface area contributed by atoms with Gasteiger partial charge in [0.2, 0.25) is 0 Å². The van der Waals surface area contributed by atoms with E-state index in [1.807, 2.05) is 0 Å². The Hall–Kier alpha value is -0.460. The summed E-state index contributed by atoms with van der Waals surface area (Å²) >= 11 is 0. The molecular formula is C19H39O7P. The van der Waals surface area contributed by atoms with E-state index in [0.29, 0.717) is 6.61 Å². The molecule has 8 heteroatoms. The molecule has 0 aliphatic heterocycles. The first-order valence-electron chi connectivity index (χ1n) is 10.3. The zero-order chi connectivity index (χ0) is 20.4. The number of unbranched alkanes of at least 4 members (excludes halogenated alkanes) is 11. The van der Waals surface area contributed by atoms with Gasteiger partial charge in [0, 0.05) is 13.5 Å². The van der Waals surface area contributed by atoms with E-state index in [2.05, 4.69) is 11.4 Å². The van der Waals surface area contributed by atoms with Gasteiger partial charge in [0.05, 0.1) is 13.2 Å². The molecule has 0 aromatic heterocycles. The summed E-state index contributed by atoms with van der Waals surface area (Å²) in [6, 6.07) is 0. The van der Waals surface area contributed by atoms with Gasteiger partial charge in [-0.05, 0) is 6.42 Å². The molecule has 0 bridgehead atoms. The van der Waals surface area contributed by atoms with Crippen LogP contribution < -0.4 is 0 Å². The molecule has 0 aromatic carbocycles. The van der Waals surface area contributed by atoms with E-state index >= 15 is 0 Å². The molecule has 2 N–H and O–H groups in total. The summed E-state index contributed by atoms with van der Waals surface area (Å²) in [7, 11) is -4.58. The molecular weight excluding hydrogens is 371 g/mol. The van der Waals surface area contributed by atoms with Crippen molar-refractivity contribution in [1.29, 1.82) is 0 Å². The minimum atomic E-state index is -4.58. The number of ether oxygens (including phenoxy) is 2. The maximum absolute atomic E-state index is 11.0. The standard InChI is InChI=1S/C19H39O7P/c1-3-4-5-6-7-8-9-10-11-12-13-14-15-24-16-19(26-18(2)20)17-25-27(21,22)23/h19H,3-17H2,1-2H3,(H2,21,22,23)/t19-/m1/s1. The monoisotopic (exact) mass is 410 g/mol. The van der Waals surface area contributed by atoms with Crippen molar-refractivity contribution < 1.29 is 33.1 Å². The fraction of sp³-hybridized carbons (Fsp3) is 0.947. The van der Waals surface area contributed by atoms with Crippen LogP contribution >= 0.6 is 7.82 Å². The molecule has 0 unspecified atom stereocenters.